The maximum Gasteiger partial charge on any atom is 0.352 e. The van der Waals surface area contributed by atoms with Gasteiger partial charge in [0.15, 0.2) is 5.65 Å². The number of rotatable bonds is 5. The van der Waals surface area contributed by atoms with E-state index in [4.69, 9.17) is 23.2 Å². The van der Waals surface area contributed by atoms with Crippen LogP contribution in [0.3, 0.4) is 0 Å². The molecule has 4 aromatic rings. The lowest BCUT2D eigenvalue weighted by atomic mass is 10.2. The van der Waals surface area contributed by atoms with Crippen molar-refractivity contribution in [2.24, 2.45) is 0 Å². The highest BCUT2D eigenvalue weighted by Crippen LogP contribution is 2.21. The quantitative estimate of drug-likeness (QED) is 0.513. The molecular formula is C21H17Cl2N5O2. The number of carbonyl (C=O) groups is 1. The standard InChI is InChI=1S/C21H17Cl2N5O2/c1-13-9-18-26-27(12-19(29)24-11-15-5-2-3-8-17(15)23)21(30)28(18)20(25-13)14-6-4-7-16(22)10-14/h2-10H,11-12H2,1H3,(H,24,29). The normalized spacial score (nSPS) is 11.0. The Labute approximate surface area is 181 Å². The number of aromatic nitrogens is 4. The largest absolute Gasteiger partial charge is 0.352 e. The van der Waals surface area contributed by atoms with Gasteiger partial charge in [0.1, 0.15) is 12.4 Å². The number of hydrogen-bond acceptors (Lipinski definition) is 4. The molecule has 7 nitrogen and oxygen atoms in total. The molecule has 2 aromatic heterocycles. The average molecular weight is 442 g/mol. The minimum Gasteiger partial charge on any atom is -0.350 e. The minimum atomic E-state index is -0.458. The van der Waals surface area contributed by atoms with Crippen molar-refractivity contribution in [1.82, 2.24) is 24.5 Å². The van der Waals surface area contributed by atoms with Gasteiger partial charge in [0.25, 0.3) is 0 Å². The number of halogens is 2. The second-order valence-corrected chi connectivity index (χ2v) is 7.58. The topological polar surface area (TPSA) is 81.3 Å². The minimum absolute atomic E-state index is 0.223. The van der Waals surface area contributed by atoms with Crippen LogP contribution in [0.4, 0.5) is 0 Å². The summed E-state index contributed by atoms with van der Waals surface area (Å²) in [4.78, 5) is 29.9. The smallest absolute Gasteiger partial charge is 0.350 e. The van der Waals surface area contributed by atoms with E-state index in [9.17, 15) is 9.59 Å². The molecule has 0 aliphatic carbocycles. The Kier molecular flexibility index (Phi) is 5.57. The Hall–Kier alpha value is -3.16. The zero-order valence-corrected chi connectivity index (χ0v) is 17.5. The monoisotopic (exact) mass is 441 g/mol. The number of aryl methyl sites for hydroxylation is 1. The third kappa shape index (κ3) is 4.08. The second-order valence-electron chi connectivity index (χ2n) is 6.73. The fourth-order valence-corrected chi connectivity index (χ4v) is 3.50. The van der Waals surface area contributed by atoms with E-state index in [2.05, 4.69) is 15.4 Å². The van der Waals surface area contributed by atoms with Gasteiger partial charge in [0.2, 0.25) is 5.91 Å². The first-order valence-electron chi connectivity index (χ1n) is 9.15. The molecule has 0 bridgehead atoms. The fraction of sp³-hybridized carbons (Fsp3) is 0.143. The van der Waals surface area contributed by atoms with Gasteiger partial charge in [0.05, 0.1) is 0 Å². The van der Waals surface area contributed by atoms with Crippen molar-refractivity contribution in [1.29, 1.82) is 0 Å². The first kappa shape index (κ1) is 20.1. The van der Waals surface area contributed by atoms with Crippen LogP contribution in [0.2, 0.25) is 10.0 Å². The summed E-state index contributed by atoms with van der Waals surface area (Å²) in [6.07, 6.45) is 0. The molecule has 4 rings (SSSR count). The summed E-state index contributed by atoms with van der Waals surface area (Å²) in [6, 6.07) is 16.0. The Bertz CT molecular complexity index is 1310. The van der Waals surface area contributed by atoms with Gasteiger partial charge in [0, 0.05) is 33.9 Å². The SMILES string of the molecule is Cc1cc2nn(CC(=O)NCc3ccccc3Cl)c(=O)n2c(-c2cccc(Cl)c2)n1. The molecule has 0 fully saturated rings. The number of nitrogens with zero attached hydrogens (tertiary/aromatic N) is 4. The molecule has 9 heteroatoms. The molecule has 1 amide bonds. The van der Waals surface area contributed by atoms with Gasteiger partial charge < -0.3 is 5.32 Å². The summed E-state index contributed by atoms with van der Waals surface area (Å²) < 4.78 is 2.49. The Morgan fingerprint density at radius 2 is 1.90 bits per heavy atom. The lowest BCUT2D eigenvalue weighted by molar-refractivity contribution is -0.122. The Morgan fingerprint density at radius 3 is 2.67 bits per heavy atom. The van der Waals surface area contributed by atoms with Gasteiger partial charge in [-0.25, -0.2) is 18.9 Å². The molecule has 0 aliphatic rings. The summed E-state index contributed by atoms with van der Waals surface area (Å²) in [5, 5.41) is 8.16. The number of nitrogens with one attached hydrogen (secondary N) is 1. The van der Waals surface area contributed by atoms with Crippen LogP contribution in [0, 0.1) is 6.92 Å². The van der Waals surface area contributed by atoms with Gasteiger partial charge in [-0.1, -0.05) is 53.5 Å². The van der Waals surface area contributed by atoms with E-state index in [0.717, 1.165) is 10.2 Å². The van der Waals surface area contributed by atoms with Crippen LogP contribution in [0.25, 0.3) is 17.0 Å². The zero-order chi connectivity index (χ0) is 21.3. The van der Waals surface area contributed by atoms with Crippen molar-refractivity contribution < 1.29 is 4.79 Å². The number of carbonyl (C=O) groups excluding carboxylic acids is 1. The van der Waals surface area contributed by atoms with Crippen LogP contribution in [0.1, 0.15) is 11.3 Å². The fourth-order valence-electron chi connectivity index (χ4n) is 3.10. The molecule has 0 unspecified atom stereocenters. The third-order valence-electron chi connectivity index (χ3n) is 4.51. The van der Waals surface area contributed by atoms with Crippen molar-refractivity contribution >= 4 is 34.8 Å². The summed E-state index contributed by atoms with van der Waals surface area (Å²) in [5.41, 5.74) is 2.11. The number of hydrogen-bond donors (Lipinski definition) is 1. The second kappa shape index (κ2) is 8.30. The van der Waals surface area contributed by atoms with Crippen LogP contribution in [-0.2, 0) is 17.9 Å². The van der Waals surface area contributed by atoms with Crippen molar-refractivity contribution in [3.05, 3.63) is 86.4 Å². The highest BCUT2D eigenvalue weighted by Gasteiger charge is 2.16. The average Bonchev–Trinajstić information content (AvgIpc) is 3.01. The maximum absolute atomic E-state index is 13.0. The lowest BCUT2D eigenvalue weighted by Gasteiger charge is -2.06. The molecule has 152 valence electrons. The number of amides is 1. The van der Waals surface area contributed by atoms with Gasteiger partial charge in [-0.3, -0.25) is 4.79 Å². The van der Waals surface area contributed by atoms with E-state index in [0.29, 0.717) is 32.8 Å². The molecule has 2 aromatic carbocycles. The van der Waals surface area contributed by atoms with Crippen molar-refractivity contribution in [2.75, 3.05) is 0 Å². The molecular weight excluding hydrogens is 425 g/mol. The van der Waals surface area contributed by atoms with Crippen molar-refractivity contribution in [2.45, 2.75) is 20.0 Å². The van der Waals surface area contributed by atoms with E-state index in [1.54, 1.807) is 30.3 Å². The molecule has 1 N–H and O–H groups in total. The van der Waals surface area contributed by atoms with E-state index in [1.165, 1.54) is 4.40 Å². The van der Waals surface area contributed by atoms with E-state index in [1.807, 2.05) is 31.2 Å². The molecule has 0 spiro atoms. The first-order valence-corrected chi connectivity index (χ1v) is 9.91. The first-order chi connectivity index (χ1) is 14.4. The highest BCUT2D eigenvalue weighted by molar-refractivity contribution is 6.31. The molecule has 0 aliphatic heterocycles. The zero-order valence-electron chi connectivity index (χ0n) is 16.0. The molecule has 0 radical (unpaired) electrons. The number of benzene rings is 2. The summed E-state index contributed by atoms with van der Waals surface area (Å²) in [5.74, 6) is 0.0645. The highest BCUT2D eigenvalue weighted by atomic mass is 35.5. The van der Waals surface area contributed by atoms with Crippen LogP contribution < -0.4 is 11.0 Å². The predicted molar refractivity (Wildman–Crippen MR) is 116 cm³/mol. The Morgan fingerprint density at radius 1 is 1.10 bits per heavy atom. The van der Waals surface area contributed by atoms with Crippen LogP contribution >= 0.6 is 23.2 Å². The van der Waals surface area contributed by atoms with Crippen molar-refractivity contribution in [3.63, 3.8) is 0 Å². The summed E-state index contributed by atoms with van der Waals surface area (Å²) in [7, 11) is 0. The summed E-state index contributed by atoms with van der Waals surface area (Å²) in [6.45, 7) is 1.85. The molecule has 2 heterocycles. The number of fused-ring (bicyclic) bond motifs is 1. The van der Waals surface area contributed by atoms with Crippen LogP contribution in [-0.4, -0.2) is 25.1 Å². The molecule has 0 saturated heterocycles. The predicted octanol–water partition coefficient (Wildman–Crippen LogP) is 3.49. The molecule has 0 saturated carbocycles. The maximum atomic E-state index is 13.0. The summed E-state index contributed by atoms with van der Waals surface area (Å²) >= 11 is 12.2. The van der Waals surface area contributed by atoms with Gasteiger partial charge in [-0.05, 0) is 30.7 Å². The van der Waals surface area contributed by atoms with Crippen molar-refractivity contribution in [3.8, 4) is 11.4 Å². The Balaban J connectivity index is 1.63. The van der Waals surface area contributed by atoms with Crippen LogP contribution in [0.5, 0.6) is 0 Å². The van der Waals surface area contributed by atoms with Crippen LogP contribution in [0.15, 0.2) is 59.4 Å². The molecule has 30 heavy (non-hydrogen) atoms. The lowest BCUT2D eigenvalue weighted by Crippen LogP contribution is -2.32. The van der Waals surface area contributed by atoms with E-state index >= 15 is 0 Å². The van der Waals surface area contributed by atoms with E-state index in [-0.39, 0.29) is 19.0 Å². The molecule has 0 atom stereocenters. The van der Waals surface area contributed by atoms with Gasteiger partial charge in [-0.15, -0.1) is 5.10 Å². The third-order valence-corrected chi connectivity index (χ3v) is 5.11. The van der Waals surface area contributed by atoms with Gasteiger partial charge >= 0.3 is 5.69 Å². The van der Waals surface area contributed by atoms with Gasteiger partial charge in [-0.2, -0.15) is 0 Å². The van der Waals surface area contributed by atoms with E-state index < -0.39 is 5.69 Å².